The Bertz CT molecular complexity index is 513. The van der Waals surface area contributed by atoms with Crippen molar-refractivity contribution in [2.24, 2.45) is 0 Å². The first kappa shape index (κ1) is 17.4. The smallest absolute Gasteiger partial charge is 0.251 e. The SMILES string of the molecule is CC(O)C(=O)N1CCN(C(C)(CO)c2ccc(Br)cc2)CC1. The normalized spacial score (nSPS) is 20.5. The van der Waals surface area contributed by atoms with Crippen LogP contribution < -0.4 is 0 Å². The van der Waals surface area contributed by atoms with Crippen LogP contribution >= 0.6 is 15.9 Å². The van der Waals surface area contributed by atoms with Crippen LogP contribution in [0.25, 0.3) is 0 Å². The summed E-state index contributed by atoms with van der Waals surface area (Å²) < 4.78 is 1.00. The van der Waals surface area contributed by atoms with Gasteiger partial charge in [0.1, 0.15) is 6.10 Å². The average molecular weight is 371 g/mol. The molecule has 1 aromatic rings. The molecular formula is C16H23BrN2O3. The Morgan fingerprint density at radius 1 is 1.27 bits per heavy atom. The maximum absolute atomic E-state index is 11.8. The highest BCUT2D eigenvalue weighted by molar-refractivity contribution is 9.10. The molecule has 1 aliphatic heterocycles. The van der Waals surface area contributed by atoms with E-state index in [0.717, 1.165) is 10.0 Å². The summed E-state index contributed by atoms with van der Waals surface area (Å²) >= 11 is 3.42. The maximum atomic E-state index is 11.8. The molecule has 2 unspecified atom stereocenters. The van der Waals surface area contributed by atoms with Crippen LogP contribution in [0.1, 0.15) is 19.4 Å². The zero-order valence-electron chi connectivity index (χ0n) is 13.0. The van der Waals surface area contributed by atoms with Crippen molar-refractivity contribution < 1.29 is 15.0 Å². The molecule has 0 spiro atoms. The number of hydrogen-bond acceptors (Lipinski definition) is 4. The number of amides is 1. The van der Waals surface area contributed by atoms with Gasteiger partial charge in [-0.2, -0.15) is 0 Å². The summed E-state index contributed by atoms with van der Waals surface area (Å²) in [7, 11) is 0. The highest BCUT2D eigenvalue weighted by atomic mass is 79.9. The average Bonchev–Trinajstić information content (AvgIpc) is 2.54. The van der Waals surface area contributed by atoms with Gasteiger partial charge in [0.25, 0.3) is 5.91 Å². The van der Waals surface area contributed by atoms with E-state index in [1.54, 1.807) is 4.90 Å². The highest BCUT2D eigenvalue weighted by Gasteiger charge is 2.36. The quantitative estimate of drug-likeness (QED) is 0.835. The predicted octanol–water partition coefficient (Wildman–Crippen LogP) is 1.18. The van der Waals surface area contributed by atoms with Crippen molar-refractivity contribution in [3.63, 3.8) is 0 Å². The third-order valence-corrected chi connectivity index (χ3v) is 4.95. The molecule has 0 aromatic heterocycles. The van der Waals surface area contributed by atoms with E-state index < -0.39 is 11.6 Å². The first-order valence-electron chi connectivity index (χ1n) is 7.47. The number of aliphatic hydroxyl groups is 2. The number of rotatable bonds is 4. The summed E-state index contributed by atoms with van der Waals surface area (Å²) in [5.41, 5.74) is 0.578. The predicted molar refractivity (Wildman–Crippen MR) is 88.4 cm³/mol. The number of hydrogen-bond donors (Lipinski definition) is 2. The van der Waals surface area contributed by atoms with Crippen molar-refractivity contribution in [2.45, 2.75) is 25.5 Å². The van der Waals surface area contributed by atoms with Crippen molar-refractivity contribution >= 4 is 21.8 Å². The van der Waals surface area contributed by atoms with Gasteiger partial charge in [0.05, 0.1) is 12.1 Å². The minimum absolute atomic E-state index is 0.0129. The van der Waals surface area contributed by atoms with Crippen LogP contribution in [0, 0.1) is 0 Å². The molecule has 2 N–H and O–H groups in total. The van der Waals surface area contributed by atoms with E-state index in [2.05, 4.69) is 20.8 Å². The molecule has 1 amide bonds. The molecule has 2 atom stereocenters. The summed E-state index contributed by atoms with van der Waals surface area (Å²) in [4.78, 5) is 15.7. The lowest BCUT2D eigenvalue weighted by atomic mass is 9.90. The van der Waals surface area contributed by atoms with E-state index in [1.165, 1.54) is 6.92 Å². The molecule has 1 aromatic carbocycles. The molecule has 1 heterocycles. The topological polar surface area (TPSA) is 64.0 Å². The third kappa shape index (κ3) is 3.51. The van der Waals surface area contributed by atoms with Crippen molar-refractivity contribution in [1.29, 1.82) is 0 Å². The molecule has 6 heteroatoms. The number of nitrogens with zero attached hydrogens (tertiary/aromatic N) is 2. The van der Waals surface area contributed by atoms with Crippen LogP contribution in [-0.4, -0.2) is 64.8 Å². The number of piperazine rings is 1. The van der Waals surface area contributed by atoms with E-state index in [-0.39, 0.29) is 12.5 Å². The fourth-order valence-corrected chi connectivity index (χ4v) is 3.13. The van der Waals surface area contributed by atoms with E-state index in [4.69, 9.17) is 0 Å². The second kappa shape index (κ2) is 7.08. The van der Waals surface area contributed by atoms with Gasteiger partial charge in [-0.3, -0.25) is 9.69 Å². The first-order chi connectivity index (χ1) is 10.4. The molecule has 0 aliphatic carbocycles. The van der Waals surface area contributed by atoms with E-state index >= 15 is 0 Å². The summed E-state index contributed by atoms with van der Waals surface area (Å²) in [6, 6.07) is 7.95. The summed E-state index contributed by atoms with van der Waals surface area (Å²) in [5, 5.41) is 19.3. The van der Waals surface area contributed by atoms with Crippen LogP contribution in [0.15, 0.2) is 28.7 Å². The molecule has 2 rings (SSSR count). The van der Waals surface area contributed by atoms with Gasteiger partial charge in [0.15, 0.2) is 0 Å². The Morgan fingerprint density at radius 3 is 2.27 bits per heavy atom. The molecule has 0 bridgehead atoms. The molecule has 122 valence electrons. The number of carbonyl (C=O) groups is 1. The van der Waals surface area contributed by atoms with Crippen LogP contribution in [0.5, 0.6) is 0 Å². The first-order valence-corrected chi connectivity index (χ1v) is 8.26. The van der Waals surface area contributed by atoms with Crippen molar-refractivity contribution in [1.82, 2.24) is 9.80 Å². The lowest BCUT2D eigenvalue weighted by Crippen LogP contribution is -2.57. The third-order valence-electron chi connectivity index (χ3n) is 4.42. The Balaban J connectivity index is 2.10. The fourth-order valence-electron chi connectivity index (χ4n) is 2.87. The van der Waals surface area contributed by atoms with Crippen molar-refractivity contribution in [2.75, 3.05) is 32.8 Å². The van der Waals surface area contributed by atoms with Gasteiger partial charge >= 0.3 is 0 Å². The van der Waals surface area contributed by atoms with Crippen LogP contribution in [-0.2, 0) is 10.3 Å². The number of carbonyl (C=O) groups excluding carboxylic acids is 1. The van der Waals surface area contributed by atoms with Crippen LogP contribution in [0.2, 0.25) is 0 Å². The van der Waals surface area contributed by atoms with Gasteiger partial charge in [0, 0.05) is 30.7 Å². The molecule has 1 fully saturated rings. The lowest BCUT2D eigenvalue weighted by molar-refractivity contribution is -0.142. The molecule has 5 nitrogen and oxygen atoms in total. The highest BCUT2D eigenvalue weighted by Crippen LogP contribution is 2.30. The van der Waals surface area contributed by atoms with Crippen LogP contribution in [0.3, 0.4) is 0 Å². The second-order valence-electron chi connectivity index (χ2n) is 5.93. The van der Waals surface area contributed by atoms with Gasteiger partial charge in [-0.25, -0.2) is 0 Å². The van der Waals surface area contributed by atoms with Gasteiger partial charge in [-0.15, -0.1) is 0 Å². The summed E-state index contributed by atoms with van der Waals surface area (Å²) in [6.07, 6.45) is -0.956. The van der Waals surface area contributed by atoms with Crippen molar-refractivity contribution in [3.8, 4) is 0 Å². The van der Waals surface area contributed by atoms with Crippen LogP contribution in [0.4, 0.5) is 0 Å². The lowest BCUT2D eigenvalue weighted by Gasteiger charge is -2.45. The molecule has 1 saturated heterocycles. The second-order valence-corrected chi connectivity index (χ2v) is 6.84. The Kier molecular flexibility index (Phi) is 5.60. The number of halogens is 1. The summed E-state index contributed by atoms with van der Waals surface area (Å²) in [5.74, 6) is -0.228. The Hall–Kier alpha value is -0.950. The van der Waals surface area contributed by atoms with E-state index in [0.29, 0.717) is 26.2 Å². The zero-order valence-corrected chi connectivity index (χ0v) is 14.6. The van der Waals surface area contributed by atoms with Gasteiger partial charge in [-0.1, -0.05) is 28.1 Å². The van der Waals surface area contributed by atoms with E-state index in [9.17, 15) is 15.0 Å². The summed E-state index contributed by atoms with van der Waals surface area (Å²) in [6.45, 7) is 6.00. The minimum Gasteiger partial charge on any atom is -0.394 e. The fraction of sp³-hybridized carbons (Fsp3) is 0.562. The Labute approximate surface area is 139 Å². The Morgan fingerprint density at radius 2 is 1.82 bits per heavy atom. The van der Waals surface area contributed by atoms with Crippen molar-refractivity contribution in [3.05, 3.63) is 34.3 Å². The standard InChI is InChI=1S/C16H23BrN2O3/c1-12(21)15(22)18-7-9-19(10-8-18)16(2,11-20)13-3-5-14(17)6-4-13/h3-6,12,20-21H,7-11H2,1-2H3. The number of benzene rings is 1. The van der Waals surface area contributed by atoms with E-state index in [1.807, 2.05) is 31.2 Å². The van der Waals surface area contributed by atoms with Gasteiger partial charge in [-0.05, 0) is 31.5 Å². The maximum Gasteiger partial charge on any atom is 0.251 e. The van der Waals surface area contributed by atoms with Gasteiger partial charge < -0.3 is 15.1 Å². The monoisotopic (exact) mass is 370 g/mol. The molecule has 22 heavy (non-hydrogen) atoms. The molecule has 0 radical (unpaired) electrons. The molecule has 1 aliphatic rings. The number of aliphatic hydroxyl groups excluding tert-OH is 2. The molecular weight excluding hydrogens is 348 g/mol. The zero-order chi connectivity index (χ0) is 16.3. The molecule has 0 saturated carbocycles. The van der Waals surface area contributed by atoms with Gasteiger partial charge in [0.2, 0.25) is 0 Å². The minimum atomic E-state index is -0.956. The largest absolute Gasteiger partial charge is 0.394 e.